The highest BCUT2D eigenvalue weighted by molar-refractivity contribution is 5.94. The van der Waals surface area contributed by atoms with Crippen LogP contribution in [0.3, 0.4) is 0 Å². The summed E-state index contributed by atoms with van der Waals surface area (Å²) in [4.78, 5) is 23.6. The number of ether oxygens (including phenoxy) is 2. The molecule has 136 valence electrons. The molecule has 2 rings (SSSR count). The summed E-state index contributed by atoms with van der Waals surface area (Å²) < 4.78 is 10.0. The molecular formula is C21H23NO4. The van der Waals surface area contributed by atoms with Crippen molar-refractivity contribution in [2.24, 2.45) is 0 Å². The predicted molar refractivity (Wildman–Crippen MR) is 102 cm³/mol. The number of carbonyl (C=O) groups is 2. The van der Waals surface area contributed by atoms with Crippen molar-refractivity contribution in [2.75, 3.05) is 19.0 Å². The van der Waals surface area contributed by atoms with E-state index in [4.69, 9.17) is 9.47 Å². The van der Waals surface area contributed by atoms with Gasteiger partial charge in [0.1, 0.15) is 5.75 Å². The lowest BCUT2D eigenvalue weighted by atomic mass is 10.0. The first kappa shape index (κ1) is 19.2. The third kappa shape index (κ3) is 6.09. The summed E-state index contributed by atoms with van der Waals surface area (Å²) in [6, 6.07) is 14.9. The smallest absolute Gasteiger partial charge is 0.331 e. The highest BCUT2D eigenvalue weighted by atomic mass is 16.5. The lowest BCUT2D eigenvalue weighted by Gasteiger charge is -2.07. The SMILES string of the molecule is COc1cccc(NC(=O)COC(=O)/C=C/c2ccc(C(C)C)cc2)c1. The van der Waals surface area contributed by atoms with Gasteiger partial charge >= 0.3 is 5.97 Å². The maximum absolute atomic E-state index is 11.8. The maximum atomic E-state index is 11.8. The number of esters is 1. The Bertz CT molecular complexity index is 779. The fourth-order valence-electron chi connectivity index (χ4n) is 2.24. The average Bonchev–Trinajstić information content (AvgIpc) is 2.65. The molecule has 0 saturated carbocycles. The largest absolute Gasteiger partial charge is 0.497 e. The molecule has 1 N–H and O–H groups in total. The molecule has 0 unspecified atom stereocenters. The first-order valence-corrected chi connectivity index (χ1v) is 8.36. The molecule has 5 heteroatoms. The Balaban J connectivity index is 1.81. The van der Waals surface area contributed by atoms with E-state index < -0.39 is 11.9 Å². The highest BCUT2D eigenvalue weighted by Crippen LogP contribution is 2.17. The third-order valence-electron chi connectivity index (χ3n) is 3.71. The summed E-state index contributed by atoms with van der Waals surface area (Å²) in [5.41, 5.74) is 2.71. The number of anilines is 1. The number of hydrogen-bond acceptors (Lipinski definition) is 4. The Hall–Kier alpha value is -3.08. The van der Waals surface area contributed by atoms with Gasteiger partial charge < -0.3 is 14.8 Å². The number of carbonyl (C=O) groups excluding carboxylic acids is 2. The maximum Gasteiger partial charge on any atom is 0.331 e. The molecule has 0 aliphatic carbocycles. The van der Waals surface area contributed by atoms with Crippen molar-refractivity contribution < 1.29 is 19.1 Å². The molecule has 0 bridgehead atoms. The fraction of sp³-hybridized carbons (Fsp3) is 0.238. The van der Waals surface area contributed by atoms with Crippen molar-refractivity contribution in [3.05, 3.63) is 65.7 Å². The van der Waals surface area contributed by atoms with E-state index in [2.05, 4.69) is 19.2 Å². The zero-order valence-corrected chi connectivity index (χ0v) is 15.2. The predicted octanol–water partition coefficient (Wildman–Crippen LogP) is 4.01. The van der Waals surface area contributed by atoms with Crippen LogP contribution in [0.2, 0.25) is 0 Å². The molecular weight excluding hydrogens is 330 g/mol. The Labute approximate surface area is 153 Å². The number of rotatable bonds is 7. The summed E-state index contributed by atoms with van der Waals surface area (Å²) in [6.45, 7) is 3.89. The molecule has 1 amide bonds. The van der Waals surface area contributed by atoms with Gasteiger partial charge in [0, 0.05) is 17.8 Å². The molecule has 0 spiro atoms. The number of nitrogens with one attached hydrogen (secondary N) is 1. The Morgan fingerprint density at radius 3 is 2.50 bits per heavy atom. The van der Waals surface area contributed by atoms with E-state index >= 15 is 0 Å². The van der Waals surface area contributed by atoms with Crippen LogP contribution in [0.15, 0.2) is 54.6 Å². The van der Waals surface area contributed by atoms with E-state index in [1.165, 1.54) is 11.6 Å². The Kier molecular flexibility index (Phi) is 6.97. The zero-order chi connectivity index (χ0) is 18.9. The molecule has 0 radical (unpaired) electrons. The van der Waals surface area contributed by atoms with Gasteiger partial charge in [-0.2, -0.15) is 0 Å². The van der Waals surface area contributed by atoms with Crippen molar-refractivity contribution in [1.82, 2.24) is 0 Å². The minimum absolute atomic E-state index is 0.354. The molecule has 0 heterocycles. The molecule has 0 aliphatic rings. The van der Waals surface area contributed by atoms with Gasteiger partial charge in [0.05, 0.1) is 7.11 Å². The molecule has 26 heavy (non-hydrogen) atoms. The van der Waals surface area contributed by atoms with Gasteiger partial charge in [-0.3, -0.25) is 4.79 Å². The van der Waals surface area contributed by atoms with Crippen LogP contribution in [0.1, 0.15) is 30.9 Å². The van der Waals surface area contributed by atoms with Gasteiger partial charge in [0.25, 0.3) is 5.91 Å². The van der Waals surface area contributed by atoms with Crippen LogP contribution < -0.4 is 10.1 Å². The summed E-state index contributed by atoms with van der Waals surface area (Å²) in [5.74, 6) is 0.104. The van der Waals surface area contributed by atoms with Gasteiger partial charge in [-0.1, -0.05) is 44.2 Å². The molecule has 5 nitrogen and oxygen atoms in total. The first-order valence-electron chi connectivity index (χ1n) is 8.36. The van der Waals surface area contributed by atoms with Gasteiger partial charge in [0.2, 0.25) is 0 Å². The zero-order valence-electron chi connectivity index (χ0n) is 15.2. The van der Waals surface area contributed by atoms with Crippen molar-refractivity contribution in [3.63, 3.8) is 0 Å². The third-order valence-corrected chi connectivity index (χ3v) is 3.71. The molecule has 0 atom stereocenters. The summed E-state index contributed by atoms with van der Waals surface area (Å²) in [7, 11) is 1.55. The number of hydrogen-bond donors (Lipinski definition) is 1. The van der Waals surface area contributed by atoms with Crippen molar-refractivity contribution in [3.8, 4) is 5.75 Å². The molecule has 2 aromatic rings. The quantitative estimate of drug-likeness (QED) is 0.603. The number of amides is 1. The fourth-order valence-corrected chi connectivity index (χ4v) is 2.24. The van der Waals surface area contributed by atoms with Crippen LogP contribution in [-0.4, -0.2) is 25.6 Å². The molecule has 2 aromatic carbocycles. The monoisotopic (exact) mass is 353 g/mol. The van der Waals surface area contributed by atoms with Crippen LogP contribution >= 0.6 is 0 Å². The van der Waals surface area contributed by atoms with E-state index in [9.17, 15) is 9.59 Å². The van der Waals surface area contributed by atoms with Crippen LogP contribution in [0.4, 0.5) is 5.69 Å². The van der Waals surface area contributed by atoms with E-state index in [1.54, 1.807) is 37.5 Å². The van der Waals surface area contributed by atoms with Crippen molar-refractivity contribution >= 4 is 23.6 Å². The van der Waals surface area contributed by atoms with Gasteiger partial charge in [-0.05, 0) is 35.3 Å². The van der Waals surface area contributed by atoms with Crippen LogP contribution in [0.25, 0.3) is 6.08 Å². The first-order chi connectivity index (χ1) is 12.5. The van der Waals surface area contributed by atoms with Crippen molar-refractivity contribution in [2.45, 2.75) is 19.8 Å². The van der Waals surface area contributed by atoms with Gasteiger partial charge in [-0.25, -0.2) is 4.79 Å². The van der Waals surface area contributed by atoms with Gasteiger partial charge in [0.15, 0.2) is 6.61 Å². The summed E-state index contributed by atoms with van der Waals surface area (Å²) in [6.07, 6.45) is 2.97. The average molecular weight is 353 g/mol. The summed E-state index contributed by atoms with van der Waals surface area (Å²) in [5, 5.41) is 2.64. The van der Waals surface area contributed by atoms with Crippen LogP contribution in [0, 0.1) is 0 Å². The highest BCUT2D eigenvalue weighted by Gasteiger charge is 2.06. The van der Waals surface area contributed by atoms with Crippen LogP contribution in [-0.2, 0) is 14.3 Å². The van der Waals surface area contributed by atoms with Crippen molar-refractivity contribution in [1.29, 1.82) is 0 Å². The van der Waals surface area contributed by atoms with E-state index in [-0.39, 0.29) is 6.61 Å². The second kappa shape index (κ2) is 9.42. The molecule has 0 aliphatic heterocycles. The molecule has 0 fully saturated rings. The molecule has 0 saturated heterocycles. The Morgan fingerprint density at radius 1 is 1.12 bits per heavy atom. The normalized spacial score (nSPS) is 10.8. The number of benzene rings is 2. The van der Waals surface area contributed by atoms with Gasteiger partial charge in [-0.15, -0.1) is 0 Å². The standard InChI is InChI=1S/C21H23NO4/c1-15(2)17-10-7-16(8-11-17)9-12-21(24)26-14-20(23)22-18-5-4-6-19(13-18)25-3/h4-13,15H,14H2,1-3H3,(H,22,23)/b12-9+. The second-order valence-corrected chi connectivity index (χ2v) is 6.04. The van der Waals surface area contributed by atoms with Crippen LogP contribution in [0.5, 0.6) is 5.75 Å². The lowest BCUT2D eigenvalue weighted by molar-refractivity contribution is -0.142. The van der Waals surface area contributed by atoms with E-state index in [1.807, 2.05) is 24.3 Å². The number of methoxy groups -OCH3 is 1. The minimum atomic E-state index is -0.571. The molecule has 0 aromatic heterocycles. The Morgan fingerprint density at radius 2 is 1.85 bits per heavy atom. The van der Waals surface area contributed by atoms with E-state index in [0.29, 0.717) is 17.4 Å². The topological polar surface area (TPSA) is 64.6 Å². The lowest BCUT2D eigenvalue weighted by Crippen LogP contribution is -2.20. The second-order valence-electron chi connectivity index (χ2n) is 6.04. The van der Waals surface area contributed by atoms with E-state index in [0.717, 1.165) is 5.56 Å². The minimum Gasteiger partial charge on any atom is -0.497 e. The summed E-state index contributed by atoms with van der Waals surface area (Å²) >= 11 is 0.